The minimum Gasteiger partial charge on any atom is -0.478 e. The van der Waals surface area contributed by atoms with Crippen molar-refractivity contribution >= 4 is 5.97 Å². The molecule has 0 unspecified atom stereocenters. The van der Waals surface area contributed by atoms with E-state index in [-0.39, 0.29) is 5.57 Å². The van der Waals surface area contributed by atoms with Gasteiger partial charge in [-0.25, -0.2) is 4.79 Å². The number of hydrogen-bond donors (Lipinski definition) is 1. The Bertz CT molecular complexity index is 233. The van der Waals surface area contributed by atoms with E-state index >= 15 is 0 Å². The summed E-state index contributed by atoms with van der Waals surface area (Å²) in [5.74, 6) is -1.07. The van der Waals surface area contributed by atoms with Crippen molar-refractivity contribution in [1.29, 1.82) is 5.26 Å². The van der Waals surface area contributed by atoms with Gasteiger partial charge in [-0.15, -0.1) is 0 Å². The van der Waals surface area contributed by atoms with Gasteiger partial charge >= 0.3 is 5.97 Å². The second-order valence-electron chi connectivity index (χ2n) is 1.84. The molecule has 0 heterocycles. The maximum atomic E-state index is 10.3. The molecule has 0 amide bonds. The highest BCUT2D eigenvalue weighted by atomic mass is 16.4. The van der Waals surface area contributed by atoms with Crippen molar-refractivity contribution in [2.24, 2.45) is 0 Å². The van der Waals surface area contributed by atoms with Crippen LogP contribution in [0, 0.1) is 11.3 Å². The van der Waals surface area contributed by atoms with Gasteiger partial charge in [-0.2, -0.15) is 5.26 Å². The Kier molecular flexibility index (Phi) is 4.50. The quantitative estimate of drug-likeness (QED) is 0.377. The first-order chi connectivity index (χ1) is 5.22. The Morgan fingerprint density at radius 1 is 1.73 bits per heavy atom. The van der Waals surface area contributed by atoms with Crippen LogP contribution in [0.5, 0.6) is 0 Å². The summed E-state index contributed by atoms with van der Waals surface area (Å²) in [6, 6.07) is 1.66. The lowest BCUT2D eigenvalue weighted by Gasteiger charge is -1.88. The highest BCUT2D eigenvalue weighted by molar-refractivity contribution is 5.90. The van der Waals surface area contributed by atoms with Crippen molar-refractivity contribution in [3.8, 4) is 6.07 Å². The second kappa shape index (κ2) is 5.24. The smallest absolute Gasteiger partial charge is 0.336 e. The van der Waals surface area contributed by atoms with Crippen molar-refractivity contribution in [3.63, 3.8) is 0 Å². The minimum atomic E-state index is -1.07. The van der Waals surface area contributed by atoms with Crippen LogP contribution in [0.3, 0.4) is 0 Å². The number of carboxylic acids is 1. The number of nitriles is 1. The van der Waals surface area contributed by atoms with Crippen LogP contribution in [-0.2, 0) is 4.79 Å². The van der Waals surface area contributed by atoms with Crippen molar-refractivity contribution in [2.75, 3.05) is 0 Å². The molecule has 0 radical (unpaired) electrons. The van der Waals surface area contributed by atoms with Gasteiger partial charge in [-0.1, -0.05) is 19.1 Å². The summed E-state index contributed by atoms with van der Waals surface area (Å²) in [6.45, 7) is 1.89. The topological polar surface area (TPSA) is 61.1 Å². The third kappa shape index (κ3) is 3.93. The average Bonchev–Trinajstić information content (AvgIpc) is 1.97. The number of nitrogens with zero attached hydrogens (tertiary/aromatic N) is 1. The molecule has 1 N–H and O–H groups in total. The summed E-state index contributed by atoms with van der Waals surface area (Å²) < 4.78 is 0. The van der Waals surface area contributed by atoms with E-state index in [1.807, 2.05) is 6.92 Å². The molecule has 0 rings (SSSR count). The van der Waals surface area contributed by atoms with Crippen LogP contribution in [0.25, 0.3) is 0 Å². The van der Waals surface area contributed by atoms with Crippen molar-refractivity contribution in [1.82, 2.24) is 0 Å². The van der Waals surface area contributed by atoms with E-state index in [1.54, 1.807) is 12.1 Å². The number of aliphatic carboxylic acids is 1. The average molecular weight is 151 g/mol. The highest BCUT2D eigenvalue weighted by Gasteiger charge is 2.00. The zero-order chi connectivity index (χ0) is 8.69. The molecule has 0 fully saturated rings. The van der Waals surface area contributed by atoms with E-state index in [9.17, 15) is 4.79 Å². The molecular formula is C8H9NO2. The molecule has 3 heteroatoms. The van der Waals surface area contributed by atoms with E-state index in [2.05, 4.69) is 0 Å². The zero-order valence-electron chi connectivity index (χ0n) is 6.24. The molecule has 0 aromatic carbocycles. The molecule has 58 valence electrons. The van der Waals surface area contributed by atoms with Crippen LogP contribution in [0.4, 0.5) is 0 Å². The molecule has 0 aliphatic heterocycles. The van der Waals surface area contributed by atoms with Gasteiger partial charge in [-0.3, -0.25) is 0 Å². The highest BCUT2D eigenvalue weighted by Crippen LogP contribution is 1.97. The summed E-state index contributed by atoms with van der Waals surface area (Å²) >= 11 is 0. The zero-order valence-corrected chi connectivity index (χ0v) is 6.24. The molecule has 0 saturated carbocycles. The van der Waals surface area contributed by atoms with Crippen LogP contribution < -0.4 is 0 Å². The summed E-state index contributed by atoms with van der Waals surface area (Å²) in [6.07, 6.45) is 4.88. The molecule has 0 aliphatic carbocycles. The number of rotatable bonds is 3. The van der Waals surface area contributed by atoms with E-state index < -0.39 is 5.97 Å². The fourth-order valence-electron chi connectivity index (χ4n) is 0.495. The van der Waals surface area contributed by atoms with Crippen molar-refractivity contribution in [2.45, 2.75) is 13.3 Å². The summed E-state index contributed by atoms with van der Waals surface area (Å²) in [5.41, 5.74) is 0.0225. The molecule has 0 aliphatic rings. The van der Waals surface area contributed by atoms with Gasteiger partial charge in [0, 0.05) is 6.08 Å². The van der Waals surface area contributed by atoms with Gasteiger partial charge < -0.3 is 5.11 Å². The number of carboxylic acid groups (broad SMARTS) is 1. The van der Waals surface area contributed by atoms with Gasteiger partial charge in [0.25, 0.3) is 0 Å². The Morgan fingerprint density at radius 2 is 2.36 bits per heavy atom. The van der Waals surface area contributed by atoms with Crippen molar-refractivity contribution < 1.29 is 9.90 Å². The van der Waals surface area contributed by atoms with E-state index in [4.69, 9.17) is 10.4 Å². The van der Waals surface area contributed by atoms with Gasteiger partial charge in [0.1, 0.15) is 0 Å². The Hall–Kier alpha value is -1.56. The monoisotopic (exact) mass is 151 g/mol. The number of carbonyl (C=O) groups is 1. The Balaban J connectivity index is 4.39. The molecule has 0 aromatic heterocycles. The normalized spacial score (nSPS) is 11.5. The predicted octanol–water partition coefficient (Wildman–Crippen LogP) is 1.49. The van der Waals surface area contributed by atoms with Crippen LogP contribution >= 0.6 is 0 Å². The number of hydrogen-bond acceptors (Lipinski definition) is 2. The summed E-state index contributed by atoms with van der Waals surface area (Å²) in [7, 11) is 0. The van der Waals surface area contributed by atoms with E-state index in [0.717, 1.165) is 12.5 Å². The van der Waals surface area contributed by atoms with Gasteiger partial charge in [0.2, 0.25) is 0 Å². The van der Waals surface area contributed by atoms with Crippen LogP contribution in [0.2, 0.25) is 0 Å². The minimum absolute atomic E-state index is 0.0225. The summed E-state index contributed by atoms with van der Waals surface area (Å²) in [5, 5.41) is 16.6. The first-order valence-electron chi connectivity index (χ1n) is 3.22. The third-order valence-electron chi connectivity index (χ3n) is 1.00. The predicted molar refractivity (Wildman–Crippen MR) is 40.8 cm³/mol. The van der Waals surface area contributed by atoms with Crippen LogP contribution in [0.1, 0.15) is 13.3 Å². The second-order valence-corrected chi connectivity index (χ2v) is 1.84. The lowest BCUT2D eigenvalue weighted by molar-refractivity contribution is -0.132. The molecule has 0 aromatic rings. The largest absolute Gasteiger partial charge is 0.478 e. The fourth-order valence-corrected chi connectivity index (χ4v) is 0.495. The fraction of sp³-hybridized carbons (Fsp3) is 0.250. The Labute approximate surface area is 65.3 Å². The molecular weight excluding hydrogens is 142 g/mol. The van der Waals surface area contributed by atoms with Gasteiger partial charge in [0.05, 0.1) is 11.6 Å². The van der Waals surface area contributed by atoms with Gasteiger partial charge in [0.15, 0.2) is 0 Å². The lowest BCUT2D eigenvalue weighted by atomic mass is 10.2. The standard InChI is InChI=1S/C8H9NO2/c1-2-3-4-7(5-6-9)8(10)11/h3-5H,2H2,1H3,(H,10,11)/b4-3+,7-5-. The molecule has 3 nitrogen and oxygen atoms in total. The van der Waals surface area contributed by atoms with E-state index in [1.165, 1.54) is 6.08 Å². The van der Waals surface area contributed by atoms with E-state index in [0.29, 0.717) is 0 Å². The summed E-state index contributed by atoms with van der Waals surface area (Å²) in [4.78, 5) is 10.3. The van der Waals surface area contributed by atoms with Crippen LogP contribution in [-0.4, -0.2) is 11.1 Å². The molecule has 0 atom stereocenters. The Morgan fingerprint density at radius 3 is 2.73 bits per heavy atom. The lowest BCUT2D eigenvalue weighted by Crippen LogP contribution is -1.96. The van der Waals surface area contributed by atoms with Crippen LogP contribution in [0.15, 0.2) is 23.8 Å². The third-order valence-corrected chi connectivity index (χ3v) is 1.00. The maximum Gasteiger partial charge on any atom is 0.336 e. The first kappa shape index (κ1) is 9.44. The van der Waals surface area contributed by atoms with Crippen molar-refractivity contribution in [3.05, 3.63) is 23.8 Å². The SMILES string of the molecule is CC/C=C/C(=C/C#N)C(=O)O. The molecule has 0 saturated heterocycles. The molecule has 11 heavy (non-hydrogen) atoms. The molecule has 0 bridgehead atoms. The van der Waals surface area contributed by atoms with Gasteiger partial charge in [-0.05, 0) is 6.42 Å². The molecule has 0 spiro atoms. The maximum absolute atomic E-state index is 10.3. The first-order valence-corrected chi connectivity index (χ1v) is 3.22. The number of allylic oxidation sites excluding steroid dienone is 2.